The molecule has 0 spiro atoms. The second-order valence-electron chi connectivity index (χ2n) is 2.17. The molecule has 0 aliphatic carbocycles. The Balaban J connectivity index is 4.88. The Kier molecular flexibility index (Phi) is 4.24. The molecule has 13 heavy (non-hydrogen) atoms. The topological polar surface area (TPSA) is 94.2 Å². The molecular formula is C8H10N2O3. The van der Waals surface area contributed by atoms with Gasteiger partial charge in [-0.25, -0.2) is 4.79 Å². The molecule has 0 unspecified atom stereocenters. The molecule has 0 aliphatic rings. The molecule has 2 N–H and O–H groups in total. The molecule has 0 amide bonds. The number of carbonyl (C=O) groups excluding carboxylic acids is 1. The van der Waals surface area contributed by atoms with E-state index in [2.05, 4.69) is 4.74 Å². The maximum atomic E-state index is 11.1. The number of nitrogens with zero attached hydrogens (tertiary/aromatic N) is 1. The zero-order valence-electron chi connectivity index (χ0n) is 7.42. The van der Waals surface area contributed by atoms with Gasteiger partial charge in [0, 0.05) is 0 Å². The van der Waals surface area contributed by atoms with Crippen molar-refractivity contribution in [2.24, 2.45) is 0 Å². The Bertz CT molecular complexity index is 295. The highest BCUT2D eigenvalue weighted by Gasteiger charge is 2.19. The van der Waals surface area contributed by atoms with Gasteiger partial charge in [-0.1, -0.05) is 0 Å². The average Bonchev–Trinajstić information content (AvgIpc) is 2.04. The second kappa shape index (κ2) is 4.93. The number of rotatable bonds is 3. The quantitative estimate of drug-likeness (QED) is 0.293. The Morgan fingerprint density at radius 3 is 2.54 bits per heavy atom. The minimum Gasteiger partial charge on any atom is -0.512 e. The number of esters is 1. The largest absolute Gasteiger partial charge is 0.512 e. The van der Waals surface area contributed by atoms with Crippen molar-refractivity contribution >= 4 is 11.7 Å². The lowest BCUT2D eigenvalue weighted by Crippen LogP contribution is -2.16. The lowest BCUT2D eigenvalue weighted by molar-refractivity contribution is -0.138. The molecule has 5 heteroatoms. The van der Waals surface area contributed by atoms with Crippen molar-refractivity contribution in [1.82, 2.24) is 0 Å². The minimum atomic E-state index is -0.853. The summed E-state index contributed by atoms with van der Waals surface area (Å²) in [5.41, 5.74) is -0.984. The molecular weight excluding hydrogens is 172 g/mol. The summed E-state index contributed by atoms with van der Waals surface area (Å²) < 4.78 is 4.54. The maximum absolute atomic E-state index is 11.1. The van der Waals surface area contributed by atoms with Gasteiger partial charge in [0.1, 0.15) is 23.1 Å². The van der Waals surface area contributed by atoms with Crippen LogP contribution in [0, 0.1) is 16.7 Å². The van der Waals surface area contributed by atoms with E-state index in [1.54, 1.807) is 6.92 Å². The summed E-state index contributed by atoms with van der Waals surface area (Å²) in [5, 5.41) is 24.4. The van der Waals surface area contributed by atoms with Crippen LogP contribution in [0.25, 0.3) is 0 Å². The van der Waals surface area contributed by atoms with Crippen LogP contribution in [-0.4, -0.2) is 23.4 Å². The molecule has 0 rings (SSSR count). The predicted octanol–water partition coefficient (Wildman–Crippen LogP) is 0.925. The predicted molar refractivity (Wildman–Crippen MR) is 45.3 cm³/mol. The van der Waals surface area contributed by atoms with Gasteiger partial charge >= 0.3 is 5.97 Å². The number of nitrogens with one attached hydrogen (secondary N) is 1. The number of aliphatic hydroxyl groups is 1. The summed E-state index contributed by atoms with van der Waals surface area (Å²) in [7, 11) is 0. The van der Waals surface area contributed by atoms with Crippen LogP contribution in [0.1, 0.15) is 13.8 Å². The van der Waals surface area contributed by atoms with Gasteiger partial charge < -0.3 is 9.84 Å². The molecule has 0 aliphatic heterocycles. The molecule has 0 atom stereocenters. The highest BCUT2D eigenvalue weighted by molar-refractivity contribution is 6.25. The van der Waals surface area contributed by atoms with Crippen molar-refractivity contribution in [3.05, 3.63) is 11.3 Å². The van der Waals surface area contributed by atoms with E-state index in [9.17, 15) is 4.79 Å². The van der Waals surface area contributed by atoms with Gasteiger partial charge in [0.2, 0.25) is 0 Å². The summed E-state index contributed by atoms with van der Waals surface area (Å²) in [4.78, 5) is 11.1. The van der Waals surface area contributed by atoms with Crippen LogP contribution in [0.4, 0.5) is 0 Å². The third kappa shape index (κ3) is 2.95. The Morgan fingerprint density at radius 2 is 2.23 bits per heavy atom. The number of aliphatic hydroxyl groups excluding tert-OH is 1. The van der Waals surface area contributed by atoms with Crippen LogP contribution in [0.5, 0.6) is 0 Å². The minimum absolute atomic E-state index is 0.133. The molecule has 0 saturated carbocycles. The monoisotopic (exact) mass is 182 g/mol. The van der Waals surface area contributed by atoms with Crippen molar-refractivity contribution in [3.8, 4) is 6.07 Å². The van der Waals surface area contributed by atoms with E-state index >= 15 is 0 Å². The van der Waals surface area contributed by atoms with Crippen LogP contribution in [0.3, 0.4) is 0 Å². The molecule has 70 valence electrons. The van der Waals surface area contributed by atoms with E-state index in [4.69, 9.17) is 15.8 Å². The molecule has 0 heterocycles. The maximum Gasteiger partial charge on any atom is 0.344 e. The fourth-order valence-corrected chi connectivity index (χ4v) is 0.690. The Morgan fingerprint density at radius 1 is 1.69 bits per heavy atom. The van der Waals surface area contributed by atoms with Crippen LogP contribution >= 0.6 is 0 Å². The van der Waals surface area contributed by atoms with Gasteiger partial charge in [-0.15, -0.1) is 0 Å². The number of ether oxygens (including phenoxy) is 1. The van der Waals surface area contributed by atoms with Gasteiger partial charge in [0.15, 0.2) is 0 Å². The summed E-state index contributed by atoms with van der Waals surface area (Å²) >= 11 is 0. The van der Waals surface area contributed by atoms with E-state index in [0.29, 0.717) is 0 Å². The molecule has 0 fully saturated rings. The molecule has 0 aromatic heterocycles. The summed E-state index contributed by atoms with van der Waals surface area (Å²) in [6.45, 7) is 2.95. The first-order valence-electron chi connectivity index (χ1n) is 3.60. The fourth-order valence-electron chi connectivity index (χ4n) is 0.690. The fraction of sp³-hybridized carbons (Fsp3) is 0.375. The summed E-state index contributed by atoms with van der Waals surface area (Å²) in [6.07, 6.45) is 0. The van der Waals surface area contributed by atoms with Crippen LogP contribution < -0.4 is 0 Å². The molecule has 0 aromatic carbocycles. The zero-order valence-corrected chi connectivity index (χ0v) is 7.42. The third-order valence-corrected chi connectivity index (χ3v) is 1.20. The van der Waals surface area contributed by atoms with E-state index in [1.165, 1.54) is 13.0 Å². The van der Waals surface area contributed by atoms with Crippen molar-refractivity contribution in [2.75, 3.05) is 6.61 Å². The van der Waals surface area contributed by atoms with E-state index in [1.807, 2.05) is 0 Å². The van der Waals surface area contributed by atoms with Crippen molar-refractivity contribution in [3.63, 3.8) is 0 Å². The number of hydrogen-bond donors (Lipinski definition) is 2. The average molecular weight is 182 g/mol. The summed E-state index contributed by atoms with van der Waals surface area (Å²) in [5.74, 6) is -1.24. The molecule has 0 radical (unpaired) electrons. The van der Waals surface area contributed by atoms with Crippen LogP contribution in [0.2, 0.25) is 0 Å². The molecule has 0 saturated heterocycles. The zero-order chi connectivity index (χ0) is 10.4. The van der Waals surface area contributed by atoms with Crippen molar-refractivity contribution in [2.45, 2.75) is 13.8 Å². The van der Waals surface area contributed by atoms with Crippen molar-refractivity contribution < 1.29 is 14.6 Å². The Labute approximate surface area is 75.8 Å². The van der Waals surface area contributed by atoms with Gasteiger partial charge in [0.05, 0.1) is 6.61 Å². The SMILES string of the molecule is CCOC(=O)/C(C(=N)C#N)=C(/C)O. The standard InChI is InChI=1S/C8H10N2O3/c1-3-13-8(12)7(5(2)11)6(10)4-9/h10-11H,3H2,1-2H3/b7-5-,10-6?. The highest BCUT2D eigenvalue weighted by atomic mass is 16.5. The Hall–Kier alpha value is -1.83. The van der Waals surface area contributed by atoms with Gasteiger partial charge in [0.25, 0.3) is 0 Å². The lowest BCUT2D eigenvalue weighted by atomic mass is 10.1. The highest BCUT2D eigenvalue weighted by Crippen LogP contribution is 2.05. The van der Waals surface area contributed by atoms with E-state index in [-0.39, 0.29) is 17.9 Å². The van der Waals surface area contributed by atoms with E-state index in [0.717, 1.165) is 0 Å². The van der Waals surface area contributed by atoms with Crippen molar-refractivity contribution in [1.29, 1.82) is 10.7 Å². The van der Waals surface area contributed by atoms with Crippen LogP contribution in [0.15, 0.2) is 11.3 Å². The first-order chi connectivity index (χ1) is 6.04. The van der Waals surface area contributed by atoms with Gasteiger partial charge in [-0.3, -0.25) is 5.41 Å². The van der Waals surface area contributed by atoms with Gasteiger partial charge in [-0.05, 0) is 13.8 Å². The number of nitriles is 1. The molecule has 0 aromatic rings. The lowest BCUT2D eigenvalue weighted by Gasteiger charge is -2.03. The number of hydrogen-bond acceptors (Lipinski definition) is 5. The molecule has 0 bridgehead atoms. The normalized spacial score (nSPS) is 11.2. The first-order valence-corrected chi connectivity index (χ1v) is 3.60. The summed E-state index contributed by atoms with van der Waals surface area (Å²) in [6, 6.07) is 1.45. The number of allylic oxidation sites excluding steroid dienone is 1. The van der Waals surface area contributed by atoms with Crippen LogP contribution in [-0.2, 0) is 9.53 Å². The molecule has 5 nitrogen and oxygen atoms in total. The van der Waals surface area contributed by atoms with E-state index < -0.39 is 11.7 Å². The van der Waals surface area contributed by atoms with Gasteiger partial charge in [-0.2, -0.15) is 5.26 Å². The third-order valence-electron chi connectivity index (χ3n) is 1.20. The number of carbonyl (C=O) groups is 1. The second-order valence-corrected chi connectivity index (χ2v) is 2.17. The first kappa shape index (κ1) is 11.2. The smallest absolute Gasteiger partial charge is 0.344 e.